The van der Waals surface area contributed by atoms with Crippen molar-refractivity contribution in [3.05, 3.63) is 47.3 Å². The fourth-order valence-electron chi connectivity index (χ4n) is 3.21. The Balaban J connectivity index is 1.49. The second-order valence-corrected chi connectivity index (χ2v) is 10.2. The average molecular weight is 421 g/mol. The molecule has 8 heteroatoms. The lowest BCUT2D eigenvalue weighted by Gasteiger charge is -2.22. The first-order chi connectivity index (χ1) is 13.4. The quantitative estimate of drug-likeness (QED) is 0.716. The molecule has 28 heavy (non-hydrogen) atoms. The number of hydrogen-bond acceptors (Lipinski definition) is 5. The Hall–Kier alpha value is -2.19. The largest absolute Gasteiger partial charge is 0.349 e. The third-order valence-electron chi connectivity index (χ3n) is 4.77. The van der Waals surface area contributed by atoms with E-state index in [0.29, 0.717) is 11.3 Å². The van der Waals surface area contributed by atoms with Gasteiger partial charge in [0.15, 0.2) is 9.84 Å². The zero-order valence-corrected chi connectivity index (χ0v) is 17.2. The highest BCUT2D eigenvalue weighted by molar-refractivity contribution is 7.93. The van der Waals surface area contributed by atoms with Crippen molar-refractivity contribution < 1.29 is 18.0 Å². The summed E-state index contributed by atoms with van der Waals surface area (Å²) < 4.78 is 24.5. The lowest BCUT2D eigenvalue weighted by molar-refractivity contribution is -0.115. The Morgan fingerprint density at radius 3 is 2.39 bits per heavy atom. The number of anilines is 1. The van der Waals surface area contributed by atoms with Gasteiger partial charge in [0.1, 0.15) is 4.21 Å². The fourth-order valence-corrected chi connectivity index (χ4v) is 5.60. The second-order valence-electron chi connectivity index (χ2n) is 6.93. The van der Waals surface area contributed by atoms with Crippen LogP contribution < -0.4 is 10.6 Å². The summed E-state index contributed by atoms with van der Waals surface area (Å²) in [4.78, 5) is 24.4. The first-order valence-corrected chi connectivity index (χ1v) is 11.9. The molecule has 1 aromatic carbocycles. The first-order valence-electron chi connectivity index (χ1n) is 9.41. The number of amides is 2. The van der Waals surface area contributed by atoms with Crippen LogP contribution in [0.25, 0.3) is 0 Å². The lowest BCUT2D eigenvalue weighted by atomic mass is 9.95. The van der Waals surface area contributed by atoms with E-state index in [0.717, 1.165) is 37.0 Å². The smallest absolute Gasteiger partial charge is 0.251 e. The summed E-state index contributed by atoms with van der Waals surface area (Å²) in [7, 11) is -3.43. The molecular formula is C20H24N2O4S2. The van der Waals surface area contributed by atoms with Gasteiger partial charge in [-0.3, -0.25) is 9.59 Å². The van der Waals surface area contributed by atoms with Gasteiger partial charge in [-0.2, -0.15) is 0 Å². The molecule has 1 fully saturated rings. The van der Waals surface area contributed by atoms with Crippen LogP contribution in [-0.2, 0) is 14.6 Å². The third-order valence-corrected chi connectivity index (χ3v) is 7.97. The molecule has 0 radical (unpaired) electrons. The molecule has 1 aliphatic rings. The molecule has 6 nitrogen and oxygen atoms in total. The summed E-state index contributed by atoms with van der Waals surface area (Å²) in [5, 5.41) is 7.42. The Morgan fingerprint density at radius 1 is 1.04 bits per heavy atom. The van der Waals surface area contributed by atoms with Gasteiger partial charge in [-0.15, -0.1) is 11.3 Å². The minimum Gasteiger partial charge on any atom is -0.349 e. The van der Waals surface area contributed by atoms with Gasteiger partial charge in [0.25, 0.3) is 5.91 Å². The van der Waals surface area contributed by atoms with Gasteiger partial charge in [-0.05, 0) is 48.6 Å². The Morgan fingerprint density at radius 2 is 1.75 bits per heavy atom. The molecule has 0 atom stereocenters. The maximum absolute atomic E-state index is 12.3. The van der Waals surface area contributed by atoms with Crippen molar-refractivity contribution in [3.63, 3.8) is 0 Å². The predicted molar refractivity (Wildman–Crippen MR) is 110 cm³/mol. The highest BCUT2D eigenvalue weighted by Crippen LogP contribution is 2.19. The summed E-state index contributed by atoms with van der Waals surface area (Å²) in [5.41, 5.74) is 1.08. The summed E-state index contributed by atoms with van der Waals surface area (Å²) in [6, 6.07) is 10.1. The van der Waals surface area contributed by atoms with Gasteiger partial charge in [0.05, 0.1) is 5.75 Å². The summed E-state index contributed by atoms with van der Waals surface area (Å²) in [6.07, 6.45) is 5.46. The minimum atomic E-state index is -3.43. The zero-order valence-electron chi connectivity index (χ0n) is 15.5. The van der Waals surface area contributed by atoms with E-state index in [1.54, 1.807) is 35.7 Å². The van der Waals surface area contributed by atoms with E-state index in [1.807, 2.05) is 0 Å². The molecule has 2 aromatic rings. The summed E-state index contributed by atoms with van der Waals surface area (Å²) in [6.45, 7) is 0. The molecule has 0 aliphatic heterocycles. The Bertz CT molecular complexity index is 900. The molecule has 2 amide bonds. The van der Waals surface area contributed by atoms with Gasteiger partial charge >= 0.3 is 0 Å². The zero-order chi connectivity index (χ0) is 20.0. The molecule has 0 unspecified atom stereocenters. The average Bonchev–Trinajstić information content (AvgIpc) is 3.24. The topological polar surface area (TPSA) is 92.3 Å². The van der Waals surface area contributed by atoms with Crippen molar-refractivity contribution >= 4 is 38.7 Å². The van der Waals surface area contributed by atoms with Crippen LogP contribution in [0.1, 0.15) is 48.9 Å². The molecule has 1 heterocycles. The highest BCUT2D eigenvalue weighted by Gasteiger charge is 2.18. The lowest BCUT2D eigenvalue weighted by Crippen LogP contribution is -2.36. The first kappa shape index (κ1) is 20.5. The molecule has 1 aromatic heterocycles. The maximum Gasteiger partial charge on any atom is 0.251 e. The summed E-state index contributed by atoms with van der Waals surface area (Å²) in [5.74, 6) is -0.715. The van der Waals surface area contributed by atoms with Gasteiger partial charge in [0.2, 0.25) is 5.91 Å². The molecule has 150 valence electrons. The highest BCUT2D eigenvalue weighted by atomic mass is 32.2. The van der Waals surface area contributed by atoms with Crippen molar-refractivity contribution in [1.82, 2.24) is 5.32 Å². The van der Waals surface area contributed by atoms with Crippen LogP contribution in [-0.4, -0.2) is 32.0 Å². The van der Waals surface area contributed by atoms with E-state index in [-0.39, 0.29) is 34.2 Å². The maximum atomic E-state index is 12.3. The normalized spacial score (nSPS) is 15.1. The van der Waals surface area contributed by atoms with Crippen LogP contribution >= 0.6 is 11.3 Å². The van der Waals surface area contributed by atoms with E-state index in [4.69, 9.17) is 0 Å². The van der Waals surface area contributed by atoms with Gasteiger partial charge < -0.3 is 10.6 Å². The predicted octanol–water partition coefficient (Wildman–Crippen LogP) is 3.61. The molecule has 0 spiro atoms. The van der Waals surface area contributed by atoms with Crippen LogP contribution in [0.4, 0.5) is 5.69 Å². The SMILES string of the molecule is O=C(CCS(=O)(=O)c1cccs1)Nc1ccc(C(=O)NC2CCCCC2)cc1. The third kappa shape index (κ3) is 5.65. The molecule has 1 saturated carbocycles. The number of benzene rings is 1. The van der Waals surface area contributed by atoms with Crippen LogP contribution in [0.5, 0.6) is 0 Å². The van der Waals surface area contributed by atoms with Gasteiger partial charge in [-0.1, -0.05) is 25.3 Å². The summed E-state index contributed by atoms with van der Waals surface area (Å²) >= 11 is 1.14. The van der Waals surface area contributed by atoms with Crippen molar-refractivity contribution in [2.24, 2.45) is 0 Å². The fraction of sp³-hybridized carbons (Fsp3) is 0.400. The van der Waals surface area contributed by atoms with E-state index in [1.165, 1.54) is 12.5 Å². The van der Waals surface area contributed by atoms with E-state index < -0.39 is 9.84 Å². The molecule has 1 aliphatic carbocycles. The minimum absolute atomic E-state index is 0.105. The number of sulfone groups is 1. The van der Waals surface area contributed by atoms with Crippen molar-refractivity contribution in [1.29, 1.82) is 0 Å². The number of carbonyl (C=O) groups is 2. The van der Waals surface area contributed by atoms with Crippen LogP contribution in [0.15, 0.2) is 46.0 Å². The number of nitrogens with one attached hydrogen (secondary N) is 2. The van der Waals surface area contributed by atoms with E-state index >= 15 is 0 Å². The standard InChI is InChI=1S/C20H24N2O4S2/c23-18(12-14-28(25,26)19-7-4-13-27-19)21-17-10-8-15(9-11-17)20(24)22-16-5-2-1-3-6-16/h4,7-11,13,16H,1-3,5-6,12,14H2,(H,21,23)(H,22,24). The van der Waals surface area contributed by atoms with E-state index in [9.17, 15) is 18.0 Å². The van der Waals surface area contributed by atoms with Crippen molar-refractivity contribution in [2.75, 3.05) is 11.1 Å². The molecule has 0 saturated heterocycles. The van der Waals surface area contributed by atoms with Gasteiger partial charge in [0, 0.05) is 23.7 Å². The van der Waals surface area contributed by atoms with Gasteiger partial charge in [-0.25, -0.2) is 8.42 Å². The van der Waals surface area contributed by atoms with Crippen LogP contribution in [0, 0.1) is 0 Å². The Kier molecular flexibility index (Phi) is 6.85. The van der Waals surface area contributed by atoms with Crippen LogP contribution in [0.2, 0.25) is 0 Å². The van der Waals surface area contributed by atoms with Crippen molar-refractivity contribution in [3.8, 4) is 0 Å². The monoisotopic (exact) mass is 420 g/mol. The number of rotatable bonds is 7. The second kappa shape index (κ2) is 9.34. The Labute approximate surface area is 169 Å². The molecule has 3 rings (SSSR count). The number of carbonyl (C=O) groups excluding carboxylic acids is 2. The molecule has 0 bridgehead atoms. The number of hydrogen-bond donors (Lipinski definition) is 2. The molecular weight excluding hydrogens is 396 g/mol. The van der Waals surface area contributed by atoms with Crippen molar-refractivity contribution in [2.45, 2.75) is 48.8 Å². The van der Waals surface area contributed by atoms with E-state index in [2.05, 4.69) is 10.6 Å². The number of thiophene rings is 1. The molecule has 2 N–H and O–H groups in total. The van der Waals surface area contributed by atoms with Crippen LogP contribution in [0.3, 0.4) is 0 Å².